The number of aliphatic hydroxyl groups excluding tert-OH is 1. The molecule has 0 aliphatic carbocycles. The first-order chi connectivity index (χ1) is 18.1. The number of carbonyl (C=O) groups is 1. The van der Waals surface area contributed by atoms with Crippen LogP contribution in [0, 0.1) is 5.92 Å². The highest BCUT2D eigenvalue weighted by molar-refractivity contribution is 8.17. The zero-order chi connectivity index (χ0) is 27.4. The fourth-order valence-electron chi connectivity index (χ4n) is 6.21. The maximum atomic E-state index is 12.1. The molecule has 2 N–H and O–H groups in total. The third-order valence-corrected chi connectivity index (χ3v) is 9.64. The molecule has 2 aromatic carbocycles. The van der Waals surface area contributed by atoms with Crippen LogP contribution >= 0.6 is 35.0 Å². The average molecular weight is 575 g/mol. The second-order valence-corrected chi connectivity index (χ2v) is 12.6. The van der Waals surface area contributed by atoms with E-state index in [-0.39, 0.29) is 18.0 Å². The highest BCUT2D eigenvalue weighted by Crippen LogP contribution is 2.57. The summed E-state index contributed by atoms with van der Waals surface area (Å²) in [6.45, 7) is 8.39. The molecule has 0 saturated carbocycles. The summed E-state index contributed by atoms with van der Waals surface area (Å²) in [5.74, 6) is -0.824. The Bertz CT molecular complexity index is 1280. The first kappa shape index (κ1) is 27.5. The largest absolute Gasteiger partial charge is 0.480 e. The number of aliphatic hydroxyl groups is 1. The number of thioether (sulfide) groups is 1. The first-order valence-electron chi connectivity index (χ1n) is 13.1. The number of nitrogens with zero attached hydrogens (tertiary/aromatic N) is 3. The van der Waals surface area contributed by atoms with E-state index in [2.05, 4.69) is 25.7 Å². The van der Waals surface area contributed by atoms with Crippen molar-refractivity contribution in [2.45, 2.75) is 76.8 Å². The molecule has 1 unspecified atom stereocenters. The van der Waals surface area contributed by atoms with E-state index in [4.69, 9.17) is 28.2 Å². The maximum absolute atomic E-state index is 12.1. The molecule has 2 aromatic rings. The van der Waals surface area contributed by atoms with Crippen LogP contribution in [-0.2, 0) is 10.3 Å². The van der Waals surface area contributed by atoms with Crippen molar-refractivity contribution in [3.8, 4) is 0 Å². The Labute approximate surface area is 238 Å². The number of aliphatic imine (C=N–C) groups is 1. The fraction of sp³-hybridized carbons (Fsp3) is 0.448. The molecule has 0 bridgehead atoms. The summed E-state index contributed by atoms with van der Waals surface area (Å²) in [4.78, 5) is 22.2. The molecule has 1 saturated heterocycles. The van der Waals surface area contributed by atoms with Crippen LogP contribution in [0.3, 0.4) is 0 Å². The van der Waals surface area contributed by atoms with Crippen LogP contribution < -0.4 is 0 Å². The highest BCUT2D eigenvalue weighted by Gasteiger charge is 2.54. The number of aliphatic carboxylic acids is 1. The summed E-state index contributed by atoms with van der Waals surface area (Å²) in [5, 5.41) is 23.8. The maximum Gasteiger partial charge on any atom is 0.321 e. The van der Waals surface area contributed by atoms with Crippen LogP contribution in [0.5, 0.6) is 0 Å². The van der Waals surface area contributed by atoms with Gasteiger partial charge in [-0.3, -0.25) is 9.69 Å². The molecule has 0 spiro atoms. The molecule has 202 valence electrons. The van der Waals surface area contributed by atoms with Gasteiger partial charge in [-0.05, 0) is 67.5 Å². The number of benzene rings is 2. The van der Waals surface area contributed by atoms with Crippen LogP contribution in [0.25, 0.3) is 0 Å². The molecule has 3 heterocycles. The quantitative estimate of drug-likeness (QED) is 0.376. The van der Waals surface area contributed by atoms with Crippen LogP contribution in [0.1, 0.15) is 64.1 Å². The average Bonchev–Trinajstić information content (AvgIpc) is 3.54. The number of amidine groups is 1. The third kappa shape index (κ3) is 4.56. The molecule has 1 fully saturated rings. The van der Waals surface area contributed by atoms with Gasteiger partial charge in [0.2, 0.25) is 0 Å². The molecule has 3 aliphatic rings. The number of carboxylic acid groups (broad SMARTS) is 1. The summed E-state index contributed by atoms with van der Waals surface area (Å²) in [6, 6.07) is 14.8. The second-order valence-electron chi connectivity index (χ2n) is 10.7. The number of rotatable bonds is 7. The van der Waals surface area contributed by atoms with Crippen molar-refractivity contribution < 1.29 is 15.0 Å². The van der Waals surface area contributed by atoms with Gasteiger partial charge >= 0.3 is 5.97 Å². The van der Waals surface area contributed by atoms with Gasteiger partial charge in [0.05, 0.1) is 10.9 Å². The molecule has 0 amide bonds. The smallest absolute Gasteiger partial charge is 0.321 e. The summed E-state index contributed by atoms with van der Waals surface area (Å²) >= 11 is 13.9. The van der Waals surface area contributed by atoms with Gasteiger partial charge in [0.25, 0.3) is 0 Å². The number of hydrogen-bond donors (Lipinski definition) is 2. The molecular weight excluding hydrogens is 541 g/mol. The number of fused-ring (bicyclic) bond motifs is 1. The van der Waals surface area contributed by atoms with Gasteiger partial charge in [-0.2, -0.15) is 0 Å². The Kier molecular flexibility index (Phi) is 7.61. The lowest BCUT2D eigenvalue weighted by Crippen LogP contribution is -2.48. The predicted molar refractivity (Wildman–Crippen MR) is 154 cm³/mol. The van der Waals surface area contributed by atoms with Crippen molar-refractivity contribution in [3.05, 3.63) is 80.3 Å². The van der Waals surface area contributed by atoms with E-state index in [1.165, 1.54) is 11.8 Å². The zero-order valence-corrected chi connectivity index (χ0v) is 24.3. The Morgan fingerprint density at radius 3 is 2.26 bits per heavy atom. The number of hydrogen-bond acceptors (Lipinski definition) is 6. The third-order valence-electron chi connectivity index (χ3n) is 8.03. The van der Waals surface area contributed by atoms with E-state index >= 15 is 0 Å². The zero-order valence-electron chi connectivity index (χ0n) is 21.9. The molecular formula is C29H33Cl2N3O3S. The summed E-state index contributed by atoms with van der Waals surface area (Å²) in [6.07, 6.45) is 1.05. The van der Waals surface area contributed by atoms with Gasteiger partial charge in [-0.1, -0.05) is 80.0 Å². The van der Waals surface area contributed by atoms with Crippen LogP contribution in [0.2, 0.25) is 10.0 Å². The predicted octanol–water partition coefficient (Wildman–Crippen LogP) is 6.88. The minimum Gasteiger partial charge on any atom is -0.480 e. The summed E-state index contributed by atoms with van der Waals surface area (Å²) in [5.41, 5.74) is 2.44. The monoisotopic (exact) mass is 573 g/mol. The normalized spacial score (nSPS) is 28.3. The number of carboxylic acids is 1. The van der Waals surface area contributed by atoms with Gasteiger partial charge < -0.3 is 15.1 Å². The van der Waals surface area contributed by atoms with Crippen molar-refractivity contribution in [1.82, 2.24) is 9.80 Å². The minimum atomic E-state index is -1.02. The lowest BCUT2D eigenvalue weighted by Gasteiger charge is -2.38. The number of halogens is 2. The van der Waals surface area contributed by atoms with E-state index in [0.29, 0.717) is 16.5 Å². The Hall–Kier alpha value is -2.03. The van der Waals surface area contributed by atoms with E-state index in [1.807, 2.05) is 55.5 Å². The van der Waals surface area contributed by atoms with Crippen LogP contribution in [0.4, 0.5) is 0 Å². The Morgan fingerprint density at radius 2 is 1.71 bits per heavy atom. The van der Waals surface area contributed by atoms with Gasteiger partial charge in [-0.15, -0.1) is 0 Å². The molecule has 3 aliphatic heterocycles. The van der Waals surface area contributed by atoms with Gasteiger partial charge in [0.15, 0.2) is 5.17 Å². The molecule has 9 heteroatoms. The number of allylic oxidation sites excluding steroid dienone is 1. The lowest BCUT2D eigenvalue weighted by molar-refractivity contribution is -0.146. The van der Waals surface area contributed by atoms with Crippen molar-refractivity contribution in [2.75, 3.05) is 0 Å². The molecule has 0 radical (unpaired) electrons. The van der Waals surface area contributed by atoms with E-state index < -0.39 is 23.8 Å². The molecule has 0 aromatic heterocycles. The van der Waals surface area contributed by atoms with Crippen molar-refractivity contribution in [3.63, 3.8) is 0 Å². The lowest BCUT2D eigenvalue weighted by atomic mass is 9.81. The fourth-order valence-corrected chi connectivity index (χ4v) is 7.86. The second kappa shape index (κ2) is 10.5. The highest BCUT2D eigenvalue weighted by atomic mass is 35.5. The SMILES string of the molecule is CC[C@@H]1CC[C@@H](C(=O)O)N1C(O)C1=C(C(C)C)N2C(=N[C@@](C)(c3ccc(Cl)cc3)[C@H]2c2ccc(Cl)cc2)S1. The number of likely N-dealkylation sites (tertiary alicyclic amines) is 1. The van der Waals surface area contributed by atoms with Gasteiger partial charge in [0.1, 0.15) is 17.8 Å². The minimum absolute atomic E-state index is 0.0105. The first-order valence-corrected chi connectivity index (χ1v) is 14.6. The van der Waals surface area contributed by atoms with Crippen molar-refractivity contribution in [2.24, 2.45) is 10.9 Å². The van der Waals surface area contributed by atoms with Crippen molar-refractivity contribution in [1.29, 1.82) is 0 Å². The van der Waals surface area contributed by atoms with Crippen molar-refractivity contribution >= 4 is 46.1 Å². The molecule has 6 nitrogen and oxygen atoms in total. The molecule has 5 rings (SSSR count). The Morgan fingerprint density at radius 1 is 1.11 bits per heavy atom. The molecule has 38 heavy (non-hydrogen) atoms. The van der Waals surface area contributed by atoms with E-state index in [0.717, 1.165) is 39.7 Å². The standard InChI is InChI=1S/C29H33Cl2N3O3S/c1-5-21-14-15-22(27(36)37)33(21)26(35)24-23(16(2)3)34-25(17-6-10-19(30)11-7-17)29(4,32-28(34)38-24)18-8-12-20(31)13-9-18/h6-13,16,21-22,25-26,35H,5,14-15H2,1-4H3,(H,36,37)/t21-,22+,25-,26?,29+/m1/s1. The summed E-state index contributed by atoms with van der Waals surface area (Å²) in [7, 11) is 0. The van der Waals surface area contributed by atoms with Crippen LogP contribution in [0.15, 0.2) is 64.1 Å². The van der Waals surface area contributed by atoms with Gasteiger partial charge in [0, 0.05) is 21.8 Å². The summed E-state index contributed by atoms with van der Waals surface area (Å²) < 4.78 is 0. The molecule has 5 atom stereocenters. The Balaban J connectivity index is 1.63. The van der Waals surface area contributed by atoms with E-state index in [1.54, 1.807) is 4.90 Å². The topological polar surface area (TPSA) is 76.4 Å². The van der Waals surface area contributed by atoms with Crippen LogP contribution in [-0.4, -0.2) is 49.5 Å². The van der Waals surface area contributed by atoms with E-state index in [9.17, 15) is 15.0 Å². The van der Waals surface area contributed by atoms with Gasteiger partial charge in [-0.25, -0.2) is 4.99 Å².